The molecule has 0 saturated carbocycles. The highest BCUT2D eigenvalue weighted by Gasteiger charge is 2.13. The largest absolute Gasteiger partial charge is 0.483 e. The van der Waals surface area contributed by atoms with Gasteiger partial charge in [0, 0.05) is 5.02 Å². The van der Waals surface area contributed by atoms with E-state index in [2.05, 4.69) is 11.8 Å². The first kappa shape index (κ1) is 12.6. The molecule has 0 aliphatic rings. The Morgan fingerprint density at radius 2 is 2.31 bits per heavy atom. The Labute approximate surface area is 101 Å². The van der Waals surface area contributed by atoms with Crippen molar-refractivity contribution in [2.24, 2.45) is 0 Å². The van der Waals surface area contributed by atoms with E-state index in [-0.39, 0.29) is 12.2 Å². The zero-order chi connectivity index (χ0) is 12.0. The molecule has 0 spiro atoms. The second-order valence-electron chi connectivity index (χ2n) is 3.29. The van der Waals surface area contributed by atoms with Crippen LogP contribution in [0.1, 0.15) is 20.3 Å². The molecule has 84 valence electrons. The van der Waals surface area contributed by atoms with Gasteiger partial charge in [0.1, 0.15) is 5.75 Å². The summed E-state index contributed by atoms with van der Waals surface area (Å²) in [6, 6.07) is 6.97. The summed E-state index contributed by atoms with van der Waals surface area (Å²) in [5.74, 6) is 5.96. The fraction of sp³-hybridized carbons (Fsp3) is 0.308. The minimum atomic E-state index is -0.501. The Bertz CT molecular complexity index is 429. The van der Waals surface area contributed by atoms with Crippen molar-refractivity contribution in [3.05, 3.63) is 29.3 Å². The second-order valence-corrected chi connectivity index (χ2v) is 3.72. The zero-order valence-corrected chi connectivity index (χ0v) is 10.0. The lowest BCUT2D eigenvalue weighted by atomic mass is 10.2. The van der Waals surface area contributed by atoms with Crippen molar-refractivity contribution in [2.45, 2.75) is 26.4 Å². The van der Waals surface area contributed by atoms with Gasteiger partial charge in [0.2, 0.25) is 0 Å². The molecular weight excluding hydrogens is 224 g/mol. The van der Waals surface area contributed by atoms with Gasteiger partial charge >= 0.3 is 0 Å². The van der Waals surface area contributed by atoms with E-state index in [9.17, 15) is 4.79 Å². The topological polar surface area (TPSA) is 26.3 Å². The SMILES string of the molecule is CC#CCC(=O)C(C)Oc1cccc(Cl)c1. The third kappa shape index (κ3) is 3.96. The van der Waals surface area contributed by atoms with Crippen LogP contribution in [-0.2, 0) is 4.79 Å². The molecule has 0 aliphatic carbocycles. The predicted octanol–water partition coefficient (Wildman–Crippen LogP) is 3.09. The number of carbonyl (C=O) groups is 1. The van der Waals surface area contributed by atoms with Crippen LogP contribution in [0, 0.1) is 11.8 Å². The van der Waals surface area contributed by atoms with Gasteiger partial charge in [-0.2, -0.15) is 0 Å². The minimum Gasteiger partial charge on any atom is -0.483 e. The Morgan fingerprint density at radius 3 is 2.94 bits per heavy atom. The normalized spacial score (nSPS) is 11.2. The molecule has 1 aromatic carbocycles. The van der Waals surface area contributed by atoms with Gasteiger partial charge in [0.15, 0.2) is 11.9 Å². The number of hydrogen-bond acceptors (Lipinski definition) is 2. The van der Waals surface area contributed by atoms with Crippen molar-refractivity contribution >= 4 is 17.4 Å². The molecule has 1 aromatic rings. The smallest absolute Gasteiger partial charge is 0.184 e. The van der Waals surface area contributed by atoms with Crippen molar-refractivity contribution in [2.75, 3.05) is 0 Å². The van der Waals surface area contributed by atoms with Crippen LogP contribution >= 0.6 is 11.6 Å². The first-order chi connectivity index (χ1) is 7.63. The van der Waals surface area contributed by atoms with Gasteiger partial charge in [-0.3, -0.25) is 4.79 Å². The lowest BCUT2D eigenvalue weighted by molar-refractivity contribution is -0.124. The summed E-state index contributed by atoms with van der Waals surface area (Å²) < 4.78 is 5.45. The summed E-state index contributed by atoms with van der Waals surface area (Å²) >= 11 is 5.80. The van der Waals surface area contributed by atoms with Gasteiger partial charge in [-0.1, -0.05) is 23.6 Å². The summed E-state index contributed by atoms with van der Waals surface area (Å²) in [6.45, 7) is 3.41. The third-order valence-corrected chi connectivity index (χ3v) is 2.24. The van der Waals surface area contributed by atoms with Crippen molar-refractivity contribution in [3.63, 3.8) is 0 Å². The molecule has 0 saturated heterocycles. The number of benzene rings is 1. The number of ketones is 1. The van der Waals surface area contributed by atoms with Crippen molar-refractivity contribution in [1.29, 1.82) is 0 Å². The molecule has 0 radical (unpaired) electrons. The van der Waals surface area contributed by atoms with E-state index in [1.165, 1.54) is 0 Å². The molecule has 16 heavy (non-hydrogen) atoms. The maximum absolute atomic E-state index is 11.5. The maximum atomic E-state index is 11.5. The number of rotatable bonds is 4. The van der Waals surface area contributed by atoms with Crippen LogP contribution in [0.15, 0.2) is 24.3 Å². The quantitative estimate of drug-likeness (QED) is 0.751. The monoisotopic (exact) mass is 236 g/mol. The van der Waals surface area contributed by atoms with Crippen molar-refractivity contribution in [1.82, 2.24) is 0 Å². The summed E-state index contributed by atoms with van der Waals surface area (Å²) in [5.41, 5.74) is 0. The molecule has 0 bridgehead atoms. The number of Topliss-reactive ketones (excluding diaryl/α,β-unsaturated/α-hetero) is 1. The van der Waals surface area contributed by atoms with E-state index in [4.69, 9.17) is 16.3 Å². The average Bonchev–Trinajstić information content (AvgIpc) is 2.25. The molecule has 0 heterocycles. The van der Waals surface area contributed by atoms with Gasteiger partial charge in [-0.05, 0) is 32.0 Å². The van der Waals surface area contributed by atoms with Crippen LogP contribution in [0.2, 0.25) is 5.02 Å². The molecule has 0 fully saturated rings. The van der Waals surface area contributed by atoms with E-state index >= 15 is 0 Å². The Hall–Kier alpha value is -1.46. The number of hydrogen-bond donors (Lipinski definition) is 0. The molecule has 2 nitrogen and oxygen atoms in total. The summed E-state index contributed by atoms with van der Waals surface area (Å²) in [5, 5.41) is 0.588. The predicted molar refractivity (Wildman–Crippen MR) is 64.6 cm³/mol. The van der Waals surface area contributed by atoms with Crippen LogP contribution < -0.4 is 4.74 Å². The van der Waals surface area contributed by atoms with E-state index in [0.29, 0.717) is 10.8 Å². The number of carbonyl (C=O) groups excluding carboxylic acids is 1. The molecule has 0 aliphatic heterocycles. The molecule has 3 heteroatoms. The van der Waals surface area contributed by atoms with Crippen LogP contribution in [-0.4, -0.2) is 11.9 Å². The van der Waals surface area contributed by atoms with Crippen LogP contribution in [0.5, 0.6) is 5.75 Å². The highest BCUT2D eigenvalue weighted by Crippen LogP contribution is 2.18. The lowest BCUT2D eigenvalue weighted by Crippen LogP contribution is -2.23. The Kier molecular flexibility index (Phi) is 4.88. The lowest BCUT2D eigenvalue weighted by Gasteiger charge is -2.12. The van der Waals surface area contributed by atoms with Gasteiger partial charge in [0.25, 0.3) is 0 Å². The second kappa shape index (κ2) is 6.19. The molecule has 1 unspecified atom stereocenters. The van der Waals surface area contributed by atoms with E-state index in [1.54, 1.807) is 38.1 Å². The Morgan fingerprint density at radius 1 is 1.56 bits per heavy atom. The fourth-order valence-corrected chi connectivity index (χ4v) is 1.31. The third-order valence-electron chi connectivity index (χ3n) is 2.00. The van der Waals surface area contributed by atoms with Crippen molar-refractivity contribution < 1.29 is 9.53 Å². The van der Waals surface area contributed by atoms with Crippen molar-refractivity contribution in [3.8, 4) is 17.6 Å². The van der Waals surface area contributed by atoms with Crippen LogP contribution in [0.25, 0.3) is 0 Å². The van der Waals surface area contributed by atoms with Gasteiger partial charge in [-0.15, -0.1) is 5.92 Å². The van der Waals surface area contributed by atoms with E-state index in [1.807, 2.05) is 0 Å². The fourth-order valence-electron chi connectivity index (χ4n) is 1.13. The molecule has 1 atom stereocenters. The molecule has 1 rings (SSSR count). The molecule has 0 N–H and O–H groups in total. The van der Waals surface area contributed by atoms with Gasteiger partial charge < -0.3 is 4.74 Å². The summed E-state index contributed by atoms with van der Waals surface area (Å²) in [4.78, 5) is 11.5. The first-order valence-electron chi connectivity index (χ1n) is 4.98. The first-order valence-corrected chi connectivity index (χ1v) is 5.36. The van der Waals surface area contributed by atoms with Gasteiger partial charge in [0.05, 0.1) is 6.42 Å². The average molecular weight is 237 g/mol. The minimum absolute atomic E-state index is 0.0330. The zero-order valence-electron chi connectivity index (χ0n) is 9.29. The maximum Gasteiger partial charge on any atom is 0.184 e. The van der Waals surface area contributed by atoms with E-state index in [0.717, 1.165) is 0 Å². The van der Waals surface area contributed by atoms with Crippen LogP contribution in [0.4, 0.5) is 0 Å². The van der Waals surface area contributed by atoms with Crippen LogP contribution in [0.3, 0.4) is 0 Å². The standard InChI is InChI=1S/C13H13ClO2/c1-3-4-8-13(15)10(2)16-12-7-5-6-11(14)9-12/h5-7,9-10H,8H2,1-2H3. The highest BCUT2D eigenvalue weighted by atomic mass is 35.5. The Balaban J connectivity index is 2.59. The van der Waals surface area contributed by atoms with Gasteiger partial charge in [-0.25, -0.2) is 0 Å². The highest BCUT2D eigenvalue weighted by molar-refractivity contribution is 6.30. The van der Waals surface area contributed by atoms with E-state index < -0.39 is 6.10 Å². The summed E-state index contributed by atoms with van der Waals surface area (Å²) in [7, 11) is 0. The molecule has 0 amide bonds. The number of ether oxygens (including phenoxy) is 1. The number of halogens is 1. The summed E-state index contributed by atoms with van der Waals surface area (Å²) in [6.07, 6.45) is -0.280. The molecule has 0 aromatic heterocycles. The molecular formula is C13H13ClO2.